The zero-order valence-corrected chi connectivity index (χ0v) is 7.80. The zero-order valence-electron chi connectivity index (χ0n) is 7.80. The Morgan fingerprint density at radius 3 is 2.00 bits per heavy atom. The highest BCUT2D eigenvalue weighted by Crippen LogP contribution is 2.36. The van der Waals surface area contributed by atoms with Gasteiger partial charge in [-0.15, -0.1) is 0 Å². The molecule has 1 heterocycles. The molecule has 0 amide bonds. The number of hydrogen-bond acceptors (Lipinski definition) is 3. The van der Waals surface area contributed by atoms with Crippen molar-refractivity contribution in [3.63, 3.8) is 0 Å². The summed E-state index contributed by atoms with van der Waals surface area (Å²) in [6.45, 7) is 0. The fraction of sp³-hybridized carbons (Fsp3) is 0.375. The third-order valence-corrected chi connectivity index (χ3v) is 1.55. The summed E-state index contributed by atoms with van der Waals surface area (Å²) >= 11 is 0. The third kappa shape index (κ3) is 3.40. The predicted molar refractivity (Wildman–Crippen MR) is 40.6 cm³/mol. The summed E-state index contributed by atoms with van der Waals surface area (Å²) in [5, 5.41) is 0. The molecular weight excluding hydrogens is 258 g/mol. The normalized spacial score (nSPS) is 12.9. The van der Waals surface area contributed by atoms with Crippen molar-refractivity contribution in [2.24, 2.45) is 0 Å². The molecule has 0 fully saturated rings. The molecule has 0 unspecified atom stereocenters. The summed E-state index contributed by atoms with van der Waals surface area (Å²) < 4.78 is 80.1. The van der Waals surface area contributed by atoms with Crippen LogP contribution in [-0.4, -0.2) is 24.7 Å². The molecule has 0 aliphatic rings. The van der Waals surface area contributed by atoms with E-state index in [0.29, 0.717) is 6.07 Å². The first-order valence-corrected chi connectivity index (χ1v) is 3.99. The van der Waals surface area contributed by atoms with E-state index in [1.165, 1.54) is 0 Å². The maximum atomic E-state index is 12.0. The molecule has 1 rings (SSSR count). The number of hydrogen-bond donors (Lipinski definition) is 0. The second kappa shape index (κ2) is 4.30. The average Bonchev–Trinajstić information content (AvgIpc) is 2.58. The van der Waals surface area contributed by atoms with Crippen molar-refractivity contribution in [2.45, 2.75) is 18.5 Å². The number of aldehydes is 1. The first kappa shape index (κ1) is 13.4. The second-order valence-corrected chi connectivity index (χ2v) is 2.86. The van der Waals surface area contributed by atoms with Crippen LogP contribution in [0.3, 0.4) is 0 Å². The van der Waals surface area contributed by atoms with Crippen LogP contribution >= 0.6 is 0 Å². The Hall–Kier alpha value is -1.67. The average molecular weight is 262 g/mol. The predicted octanol–water partition coefficient (Wildman–Crippen LogP) is 2.96. The number of ether oxygens (including phenoxy) is 1. The molecule has 0 bridgehead atoms. The van der Waals surface area contributed by atoms with E-state index in [1.807, 2.05) is 0 Å². The molecule has 0 saturated carbocycles. The highest BCUT2D eigenvalue weighted by molar-refractivity contribution is 5.70. The van der Waals surface area contributed by atoms with Gasteiger partial charge in [0.2, 0.25) is 0 Å². The van der Waals surface area contributed by atoms with Gasteiger partial charge in [0.25, 0.3) is 12.1 Å². The van der Waals surface area contributed by atoms with E-state index in [9.17, 15) is 31.1 Å². The van der Waals surface area contributed by atoms with E-state index < -0.39 is 30.2 Å². The van der Waals surface area contributed by atoms with E-state index in [1.54, 1.807) is 0 Å². The molecule has 0 atom stereocenters. The monoisotopic (exact) mass is 262 g/mol. The second-order valence-electron chi connectivity index (χ2n) is 2.86. The van der Waals surface area contributed by atoms with Gasteiger partial charge in [0.15, 0.2) is 12.0 Å². The Morgan fingerprint density at radius 1 is 1.12 bits per heavy atom. The largest absolute Gasteiger partial charge is 0.442 e. The fourth-order valence-corrected chi connectivity index (χ4v) is 0.896. The number of alkyl halides is 6. The van der Waals surface area contributed by atoms with Gasteiger partial charge in [-0.05, 0) is 6.07 Å². The van der Waals surface area contributed by atoms with Gasteiger partial charge in [-0.1, -0.05) is 0 Å². The molecule has 0 radical (unpaired) electrons. The minimum Gasteiger partial charge on any atom is -0.442 e. The highest BCUT2D eigenvalue weighted by atomic mass is 19.4. The van der Waals surface area contributed by atoms with Crippen LogP contribution in [0.15, 0.2) is 16.5 Å². The smallest absolute Gasteiger partial charge is 0.434 e. The summed E-state index contributed by atoms with van der Waals surface area (Å²) in [5.74, 6) is -1.48. The quantitative estimate of drug-likeness (QED) is 0.621. The van der Waals surface area contributed by atoms with Crippen LogP contribution in [-0.2, 0) is 0 Å². The molecule has 17 heavy (non-hydrogen) atoms. The lowest BCUT2D eigenvalue weighted by atomic mass is 10.3. The van der Waals surface area contributed by atoms with Gasteiger partial charge in [-0.3, -0.25) is 4.79 Å². The Kier molecular flexibility index (Phi) is 3.39. The topological polar surface area (TPSA) is 39.4 Å². The maximum absolute atomic E-state index is 12.0. The maximum Gasteiger partial charge on any atom is 0.434 e. The third-order valence-electron chi connectivity index (χ3n) is 1.55. The van der Waals surface area contributed by atoms with Crippen molar-refractivity contribution in [2.75, 3.05) is 0 Å². The number of carbonyl (C=O) groups excluding carboxylic acids is 1. The van der Waals surface area contributed by atoms with E-state index in [2.05, 4.69) is 9.15 Å². The molecular formula is C8H4F6O3. The lowest BCUT2D eigenvalue weighted by molar-refractivity contribution is -0.302. The van der Waals surface area contributed by atoms with Crippen LogP contribution in [0, 0.1) is 0 Å². The van der Waals surface area contributed by atoms with Crippen molar-refractivity contribution in [1.82, 2.24) is 0 Å². The SMILES string of the molecule is O=Cc1ccc(OC(C(F)(F)F)C(F)(F)F)o1. The summed E-state index contributed by atoms with van der Waals surface area (Å²) in [4.78, 5) is 10.1. The summed E-state index contributed by atoms with van der Waals surface area (Å²) in [7, 11) is 0. The lowest BCUT2D eigenvalue weighted by Gasteiger charge is -2.22. The molecule has 0 N–H and O–H groups in total. The molecule has 96 valence electrons. The van der Waals surface area contributed by atoms with Crippen molar-refractivity contribution < 1.29 is 40.3 Å². The first-order chi connectivity index (χ1) is 7.64. The van der Waals surface area contributed by atoms with E-state index in [-0.39, 0.29) is 6.29 Å². The minimum absolute atomic E-state index is 0.114. The van der Waals surface area contributed by atoms with Gasteiger partial charge in [0.1, 0.15) is 0 Å². The van der Waals surface area contributed by atoms with Crippen molar-refractivity contribution in [3.05, 3.63) is 17.9 Å². The Morgan fingerprint density at radius 2 is 1.65 bits per heavy atom. The Labute approximate surface area is 90.0 Å². The summed E-state index contributed by atoms with van der Waals surface area (Å²) in [6, 6.07) is 1.57. The van der Waals surface area contributed by atoms with Gasteiger partial charge in [0, 0.05) is 6.07 Å². The molecule has 9 heteroatoms. The highest BCUT2D eigenvalue weighted by Gasteiger charge is 2.59. The van der Waals surface area contributed by atoms with Crippen LogP contribution in [0.2, 0.25) is 0 Å². The summed E-state index contributed by atoms with van der Waals surface area (Å²) in [6.07, 6.45) is -15.2. The van der Waals surface area contributed by atoms with Gasteiger partial charge >= 0.3 is 12.4 Å². The van der Waals surface area contributed by atoms with Crippen LogP contribution in [0.1, 0.15) is 10.6 Å². The number of furan rings is 1. The van der Waals surface area contributed by atoms with Gasteiger partial charge in [0.05, 0.1) is 0 Å². The summed E-state index contributed by atoms with van der Waals surface area (Å²) in [5.41, 5.74) is 0. The first-order valence-electron chi connectivity index (χ1n) is 3.99. The zero-order chi connectivity index (χ0) is 13.3. The van der Waals surface area contributed by atoms with Gasteiger partial charge < -0.3 is 9.15 Å². The molecule has 3 nitrogen and oxygen atoms in total. The van der Waals surface area contributed by atoms with Crippen LogP contribution in [0.25, 0.3) is 0 Å². The standard InChI is InChI=1S/C8H4F6O3/c9-7(10,11)6(8(12,13)14)17-5-2-1-4(3-15)16-5/h1-3,6H. The Balaban J connectivity index is 2.91. The Bertz CT molecular complexity index is 377. The van der Waals surface area contributed by atoms with Crippen molar-refractivity contribution in [3.8, 4) is 5.95 Å². The molecule has 0 saturated heterocycles. The van der Waals surface area contributed by atoms with Gasteiger partial charge in [-0.25, -0.2) is 0 Å². The number of rotatable bonds is 3. The number of carbonyl (C=O) groups is 1. The van der Waals surface area contributed by atoms with Crippen molar-refractivity contribution in [1.29, 1.82) is 0 Å². The van der Waals surface area contributed by atoms with E-state index in [0.717, 1.165) is 6.07 Å². The van der Waals surface area contributed by atoms with Gasteiger partial charge in [-0.2, -0.15) is 26.3 Å². The molecule has 0 spiro atoms. The molecule has 0 aliphatic heterocycles. The van der Waals surface area contributed by atoms with E-state index >= 15 is 0 Å². The molecule has 1 aromatic heterocycles. The van der Waals surface area contributed by atoms with Crippen LogP contribution in [0.4, 0.5) is 26.3 Å². The van der Waals surface area contributed by atoms with Crippen molar-refractivity contribution >= 4 is 6.29 Å². The molecule has 1 aromatic rings. The fourth-order valence-electron chi connectivity index (χ4n) is 0.896. The molecule has 0 aliphatic carbocycles. The number of halogens is 6. The minimum atomic E-state index is -5.63. The van der Waals surface area contributed by atoms with Crippen LogP contribution in [0.5, 0.6) is 5.95 Å². The lowest BCUT2D eigenvalue weighted by Crippen LogP contribution is -2.46. The van der Waals surface area contributed by atoms with E-state index in [4.69, 9.17) is 0 Å². The van der Waals surface area contributed by atoms with Crippen LogP contribution < -0.4 is 4.74 Å². The molecule has 0 aromatic carbocycles.